The number of hydrogen-bond donors (Lipinski definition) is 3. The van der Waals surface area contributed by atoms with E-state index in [0.29, 0.717) is 11.4 Å². The molecule has 10 heavy (non-hydrogen) atoms. The second kappa shape index (κ2) is 2.02. The quantitative estimate of drug-likeness (QED) is 0.354. The van der Waals surface area contributed by atoms with E-state index in [9.17, 15) is 0 Å². The Kier molecular flexibility index (Phi) is 1.33. The van der Waals surface area contributed by atoms with Gasteiger partial charge in [0.2, 0.25) is 0 Å². The van der Waals surface area contributed by atoms with Crippen LogP contribution in [0.2, 0.25) is 0 Å². The van der Waals surface area contributed by atoms with Crippen molar-refractivity contribution in [2.24, 2.45) is 12.8 Å². The van der Waals surface area contributed by atoms with Crippen LogP contribution in [0.25, 0.3) is 0 Å². The molecule has 0 saturated heterocycles. The summed E-state index contributed by atoms with van der Waals surface area (Å²) in [4.78, 5) is 0. The SMILES string of the molecule is Cn1cc(N)c(C(=N)N)n1. The van der Waals surface area contributed by atoms with Gasteiger partial charge in [0.1, 0.15) is 11.5 Å². The second-order valence-electron chi connectivity index (χ2n) is 2.02. The maximum atomic E-state index is 7.01. The summed E-state index contributed by atoms with van der Waals surface area (Å²) in [5.74, 6) is -0.0990. The average Bonchev–Trinajstić information content (AvgIpc) is 2.10. The first kappa shape index (κ1) is 6.60. The highest BCUT2D eigenvalue weighted by Crippen LogP contribution is 2.05. The molecule has 1 aromatic heterocycles. The first-order chi connectivity index (χ1) is 4.61. The highest BCUT2D eigenvalue weighted by molar-refractivity contribution is 5.97. The zero-order valence-corrected chi connectivity index (χ0v) is 5.63. The van der Waals surface area contributed by atoms with E-state index in [-0.39, 0.29) is 5.84 Å². The highest BCUT2D eigenvalue weighted by Gasteiger charge is 2.05. The van der Waals surface area contributed by atoms with Crippen molar-refractivity contribution in [3.8, 4) is 0 Å². The summed E-state index contributed by atoms with van der Waals surface area (Å²) in [6, 6.07) is 0. The molecule has 0 saturated carbocycles. The van der Waals surface area contributed by atoms with Crippen molar-refractivity contribution < 1.29 is 0 Å². The predicted octanol–water partition coefficient (Wildman–Crippen LogP) is -0.714. The Hall–Kier alpha value is -1.52. The Bertz CT molecular complexity index is 261. The van der Waals surface area contributed by atoms with Crippen LogP contribution in [0.3, 0.4) is 0 Å². The van der Waals surface area contributed by atoms with Gasteiger partial charge in [-0.3, -0.25) is 10.1 Å². The van der Waals surface area contributed by atoms with Gasteiger partial charge in [-0.1, -0.05) is 0 Å². The summed E-state index contributed by atoms with van der Waals surface area (Å²) >= 11 is 0. The fourth-order valence-electron chi connectivity index (χ4n) is 0.716. The summed E-state index contributed by atoms with van der Waals surface area (Å²) in [6.45, 7) is 0. The van der Waals surface area contributed by atoms with Crippen LogP contribution >= 0.6 is 0 Å². The van der Waals surface area contributed by atoms with Gasteiger partial charge in [-0.05, 0) is 0 Å². The van der Waals surface area contributed by atoms with E-state index >= 15 is 0 Å². The molecule has 0 unspecified atom stereocenters. The van der Waals surface area contributed by atoms with Crippen molar-refractivity contribution in [3.63, 3.8) is 0 Å². The highest BCUT2D eigenvalue weighted by atomic mass is 15.3. The number of nitrogen functional groups attached to an aromatic ring is 2. The van der Waals surface area contributed by atoms with E-state index in [2.05, 4.69) is 5.10 Å². The van der Waals surface area contributed by atoms with Crippen LogP contribution in [-0.4, -0.2) is 15.6 Å². The standard InChI is InChI=1S/C5H9N5/c1-10-2-3(6)4(9-10)5(7)8/h2H,6H2,1H3,(H3,7,8). The predicted molar refractivity (Wildman–Crippen MR) is 38.6 cm³/mol. The van der Waals surface area contributed by atoms with Gasteiger partial charge >= 0.3 is 0 Å². The molecule has 0 aromatic carbocycles. The normalized spacial score (nSPS) is 9.70. The number of aryl methyl sites for hydroxylation is 1. The van der Waals surface area contributed by atoms with Crippen molar-refractivity contribution in [2.45, 2.75) is 0 Å². The van der Waals surface area contributed by atoms with Gasteiger partial charge in [-0.2, -0.15) is 5.10 Å². The van der Waals surface area contributed by atoms with Crippen LogP contribution in [0.5, 0.6) is 0 Å². The molecule has 5 N–H and O–H groups in total. The summed E-state index contributed by atoms with van der Waals surface area (Å²) in [5.41, 5.74) is 11.4. The third-order valence-electron chi connectivity index (χ3n) is 1.11. The fourth-order valence-corrected chi connectivity index (χ4v) is 0.716. The molecule has 1 heterocycles. The first-order valence-electron chi connectivity index (χ1n) is 2.75. The van der Waals surface area contributed by atoms with E-state index in [4.69, 9.17) is 16.9 Å². The van der Waals surface area contributed by atoms with Crippen LogP contribution in [-0.2, 0) is 7.05 Å². The lowest BCUT2D eigenvalue weighted by atomic mass is 10.3. The molecule has 0 radical (unpaired) electrons. The van der Waals surface area contributed by atoms with E-state index < -0.39 is 0 Å². The van der Waals surface area contributed by atoms with Gasteiger partial charge in [0.15, 0.2) is 0 Å². The molecule has 1 rings (SSSR count). The zero-order valence-electron chi connectivity index (χ0n) is 5.63. The number of aromatic nitrogens is 2. The Morgan fingerprint density at radius 2 is 2.40 bits per heavy atom. The van der Waals surface area contributed by atoms with Gasteiger partial charge in [0, 0.05) is 13.2 Å². The Labute approximate surface area is 58.1 Å². The molecule has 0 spiro atoms. The maximum absolute atomic E-state index is 7.01. The lowest BCUT2D eigenvalue weighted by Gasteiger charge is -1.89. The minimum atomic E-state index is -0.0990. The van der Waals surface area contributed by atoms with Crippen molar-refractivity contribution in [2.75, 3.05) is 5.73 Å². The summed E-state index contributed by atoms with van der Waals surface area (Å²) in [7, 11) is 1.72. The summed E-state index contributed by atoms with van der Waals surface area (Å²) < 4.78 is 1.52. The minimum absolute atomic E-state index is 0.0990. The van der Waals surface area contributed by atoms with Crippen LogP contribution in [0.4, 0.5) is 5.69 Å². The third-order valence-corrected chi connectivity index (χ3v) is 1.11. The minimum Gasteiger partial charge on any atom is -0.396 e. The first-order valence-corrected chi connectivity index (χ1v) is 2.75. The Morgan fingerprint density at radius 3 is 2.60 bits per heavy atom. The third kappa shape index (κ3) is 0.928. The smallest absolute Gasteiger partial charge is 0.149 e. The van der Waals surface area contributed by atoms with Crippen molar-refractivity contribution in [1.82, 2.24) is 9.78 Å². The van der Waals surface area contributed by atoms with E-state index in [0.717, 1.165) is 0 Å². The fraction of sp³-hybridized carbons (Fsp3) is 0.200. The number of nitrogens with two attached hydrogens (primary N) is 2. The molecule has 5 nitrogen and oxygen atoms in total. The molecule has 5 heteroatoms. The lowest BCUT2D eigenvalue weighted by Crippen LogP contribution is -2.13. The molecule has 0 aliphatic heterocycles. The number of nitrogens with zero attached hydrogens (tertiary/aromatic N) is 2. The van der Waals surface area contributed by atoms with Crippen molar-refractivity contribution in [1.29, 1.82) is 5.41 Å². The van der Waals surface area contributed by atoms with Gasteiger partial charge in [-0.15, -0.1) is 0 Å². The number of anilines is 1. The van der Waals surface area contributed by atoms with Crippen LogP contribution in [0.1, 0.15) is 5.69 Å². The van der Waals surface area contributed by atoms with Gasteiger partial charge in [-0.25, -0.2) is 0 Å². The molecular formula is C5H9N5. The molecule has 0 atom stereocenters. The van der Waals surface area contributed by atoms with Crippen molar-refractivity contribution in [3.05, 3.63) is 11.9 Å². The maximum Gasteiger partial charge on any atom is 0.149 e. The van der Waals surface area contributed by atoms with Gasteiger partial charge in [0.05, 0.1) is 5.69 Å². The zero-order chi connectivity index (χ0) is 7.72. The molecule has 54 valence electrons. The summed E-state index contributed by atoms with van der Waals surface area (Å²) in [5, 5.41) is 10.9. The molecule has 0 aliphatic carbocycles. The van der Waals surface area contributed by atoms with E-state index in [1.54, 1.807) is 13.2 Å². The van der Waals surface area contributed by atoms with Crippen LogP contribution in [0, 0.1) is 5.41 Å². The lowest BCUT2D eigenvalue weighted by molar-refractivity contribution is 0.764. The largest absolute Gasteiger partial charge is 0.396 e. The average molecular weight is 139 g/mol. The monoisotopic (exact) mass is 139 g/mol. The van der Waals surface area contributed by atoms with Gasteiger partial charge < -0.3 is 11.5 Å². The Balaban J connectivity index is 3.15. The van der Waals surface area contributed by atoms with Crippen LogP contribution < -0.4 is 11.5 Å². The number of hydrogen-bond acceptors (Lipinski definition) is 3. The molecule has 0 aliphatic rings. The molecule has 1 aromatic rings. The van der Waals surface area contributed by atoms with E-state index in [1.807, 2.05) is 0 Å². The van der Waals surface area contributed by atoms with Crippen LogP contribution in [0.15, 0.2) is 6.20 Å². The second-order valence-corrected chi connectivity index (χ2v) is 2.02. The molecule has 0 amide bonds. The Morgan fingerprint density at radius 1 is 1.80 bits per heavy atom. The summed E-state index contributed by atoms with van der Waals surface area (Å²) in [6.07, 6.45) is 1.61. The number of rotatable bonds is 1. The van der Waals surface area contributed by atoms with E-state index in [1.165, 1.54) is 4.68 Å². The molecular weight excluding hydrogens is 130 g/mol. The van der Waals surface area contributed by atoms with Gasteiger partial charge in [0.25, 0.3) is 0 Å². The topological polar surface area (TPSA) is 93.7 Å². The molecule has 0 bridgehead atoms. The molecule has 0 fully saturated rings. The van der Waals surface area contributed by atoms with Crippen molar-refractivity contribution >= 4 is 11.5 Å². The number of amidine groups is 1. The number of nitrogens with one attached hydrogen (secondary N) is 1.